The van der Waals surface area contributed by atoms with Crippen molar-refractivity contribution in [2.45, 2.75) is 39.2 Å². The lowest BCUT2D eigenvalue weighted by molar-refractivity contribution is 0.124. The number of likely N-dealkylation sites (N-methyl/N-ethyl adjacent to an activating group) is 1. The van der Waals surface area contributed by atoms with Crippen LogP contribution in [0.1, 0.15) is 32.3 Å². The summed E-state index contributed by atoms with van der Waals surface area (Å²) in [6.45, 7) is 7.02. The molecule has 3 heteroatoms. The minimum absolute atomic E-state index is 0.501. The third-order valence-corrected chi connectivity index (χ3v) is 3.32. The van der Waals surface area contributed by atoms with E-state index in [1.165, 1.54) is 5.56 Å². The summed E-state index contributed by atoms with van der Waals surface area (Å²) < 4.78 is 6.72. The Hall–Kier alpha value is -0.380. The van der Waals surface area contributed by atoms with E-state index in [9.17, 15) is 0 Å². The maximum absolute atomic E-state index is 5.57. The van der Waals surface area contributed by atoms with Gasteiger partial charge in [0.05, 0.1) is 0 Å². The van der Waals surface area contributed by atoms with Crippen LogP contribution >= 0.6 is 15.9 Å². The number of halogens is 1. The summed E-state index contributed by atoms with van der Waals surface area (Å²) in [5, 5.41) is 3.53. The molecular formula is C15H24BrNO. The molecule has 1 rings (SSSR count). The van der Waals surface area contributed by atoms with Gasteiger partial charge in [0.1, 0.15) is 0 Å². The van der Waals surface area contributed by atoms with Gasteiger partial charge in [-0.05, 0) is 43.5 Å². The summed E-state index contributed by atoms with van der Waals surface area (Å²) in [6, 6.07) is 9.03. The highest BCUT2D eigenvalue weighted by atomic mass is 79.9. The Labute approximate surface area is 119 Å². The van der Waals surface area contributed by atoms with E-state index in [2.05, 4.69) is 59.4 Å². The number of nitrogens with one attached hydrogen (secondary N) is 1. The molecule has 1 unspecified atom stereocenters. The molecule has 0 aliphatic rings. The number of hydrogen-bond donors (Lipinski definition) is 1. The van der Waals surface area contributed by atoms with Crippen LogP contribution in [0, 0.1) is 0 Å². The summed E-state index contributed by atoms with van der Waals surface area (Å²) >= 11 is 3.52. The third kappa shape index (κ3) is 6.53. The predicted octanol–water partition coefficient (Wildman–Crippen LogP) is 3.79. The molecule has 0 amide bonds. The van der Waals surface area contributed by atoms with E-state index < -0.39 is 0 Å². The van der Waals surface area contributed by atoms with Gasteiger partial charge >= 0.3 is 0 Å². The number of hydrogen-bond acceptors (Lipinski definition) is 2. The molecule has 0 saturated heterocycles. The Kier molecular flexibility index (Phi) is 8.31. The molecule has 0 radical (unpaired) electrons. The molecule has 0 bridgehead atoms. The van der Waals surface area contributed by atoms with Crippen molar-refractivity contribution in [1.29, 1.82) is 0 Å². The summed E-state index contributed by atoms with van der Waals surface area (Å²) in [5.74, 6) is 0. The normalized spacial score (nSPS) is 12.6. The molecule has 18 heavy (non-hydrogen) atoms. The van der Waals surface area contributed by atoms with E-state index in [1.807, 2.05) is 0 Å². The van der Waals surface area contributed by atoms with Gasteiger partial charge in [-0.2, -0.15) is 0 Å². The largest absolute Gasteiger partial charge is 0.381 e. The molecule has 0 aliphatic heterocycles. The average molecular weight is 314 g/mol. The van der Waals surface area contributed by atoms with E-state index in [0.717, 1.165) is 43.5 Å². The first-order valence-corrected chi connectivity index (χ1v) is 7.61. The molecule has 0 spiro atoms. The van der Waals surface area contributed by atoms with Crippen LogP contribution in [0.5, 0.6) is 0 Å². The van der Waals surface area contributed by atoms with Crippen LogP contribution in [0.25, 0.3) is 0 Å². The molecule has 2 nitrogen and oxygen atoms in total. The van der Waals surface area contributed by atoms with Gasteiger partial charge < -0.3 is 10.1 Å². The monoisotopic (exact) mass is 313 g/mol. The highest BCUT2D eigenvalue weighted by Gasteiger charge is 2.08. The summed E-state index contributed by atoms with van der Waals surface area (Å²) in [4.78, 5) is 0. The van der Waals surface area contributed by atoms with Crippen molar-refractivity contribution in [1.82, 2.24) is 5.32 Å². The molecule has 102 valence electrons. The van der Waals surface area contributed by atoms with Crippen molar-refractivity contribution in [3.63, 3.8) is 0 Å². The first kappa shape index (κ1) is 15.7. The predicted molar refractivity (Wildman–Crippen MR) is 81.0 cm³/mol. The summed E-state index contributed by atoms with van der Waals surface area (Å²) in [6.07, 6.45) is 3.22. The van der Waals surface area contributed by atoms with Crippen LogP contribution in [0.4, 0.5) is 0 Å². The van der Waals surface area contributed by atoms with E-state index in [-0.39, 0.29) is 0 Å². The zero-order valence-electron chi connectivity index (χ0n) is 11.4. The second-order valence-electron chi connectivity index (χ2n) is 4.49. The first-order valence-electron chi connectivity index (χ1n) is 6.81. The third-order valence-electron chi connectivity index (χ3n) is 2.82. The van der Waals surface area contributed by atoms with E-state index >= 15 is 0 Å². The molecule has 0 aromatic heterocycles. The Bertz CT molecular complexity index is 330. The van der Waals surface area contributed by atoms with Crippen molar-refractivity contribution >= 4 is 15.9 Å². The molecule has 0 saturated carbocycles. The van der Waals surface area contributed by atoms with Gasteiger partial charge in [-0.15, -0.1) is 0 Å². The Morgan fingerprint density at radius 1 is 1.28 bits per heavy atom. The molecule has 0 fully saturated rings. The van der Waals surface area contributed by atoms with Crippen LogP contribution in [-0.4, -0.2) is 25.8 Å². The van der Waals surface area contributed by atoms with E-state index in [1.54, 1.807) is 0 Å². The fourth-order valence-electron chi connectivity index (χ4n) is 1.99. The number of ether oxygens (including phenoxy) is 1. The molecule has 0 aliphatic carbocycles. The van der Waals surface area contributed by atoms with Gasteiger partial charge in [0.15, 0.2) is 0 Å². The zero-order valence-corrected chi connectivity index (χ0v) is 13.0. The van der Waals surface area contributed by atoms with Crippen LogP contribution in [0.15, 0.2) is 28.7 Å². The van der Waals surface area contributed by atoms with Crippen LogP contribution in [0.3, 0.4) is 0 Å². The average Bonchev–Trinajstić information content (AvgIpc) is 2.35. The van der Waals surface area contributed by atoms with Crippen molar-refractivity contribution in [2.24, 2.45) is 0 Å². The maximum Gasteiger partial charge on any atom is 0.0480 e. The summed E-state index contributed by atoms with van der Waals surface area (Å²) in [7, 11) is 0. The van der Waals surface area contributed by atoms with Crippen molar-refractivity contribution in [2.75, 3.05) is 19.8 Å². The lowest BCUT2D eigenvalue weighted by Crippen LogP contribution is -2.32. The highest BCUT2D eigenvalue weighted by molar-refractivity contribution is 9.10. The molecule has 1 aromatic carbocycles. The number of benzene rings is 1. The van der Waals surface area contributed by atoms with Gasteiger partial charge in [-0.25, -0.2) is 0 Å². The minimum Gasteiger partial charge on any atom is -0.381 e. The van der Waals surface area contributed by atoms with Gasteiger partial charge in [0, 0.05) is 23.7 Å². The maximum atomic E-state index is 5.57. The Balaban J connectivity index is 2.41. The van der Waals surface area contributed by atoms with Crippen molar-refractivity contribution in [3.8, 4) is 0 Å². The molecule has 0 heterocycles. The smallest absolute Gasteiger partial charge is 0.0480 e. The Morgan fingerprint density at radius 2 is 2.11 bits per heavy atom. The fourth-order valence-corrected chi connectivity index (χ4v) is 2.43. The van der Waals surface area contributed by atoms with Crippen molar-refractivity contribution < 1.29 is 4.74 Å². The van der Waals surface area contributed by atoms with Crippen molar-refractivity contribution in [3.05, 3.63) is 34.3 Å². The molecule has 1 aromatic rings. The number of rotatable bonds is 9. The van der Waals surface area contributed by atoms with Crippen LogP contribution in [0.2, 0.25) is 0 Å². The molecule has 1 N–H and O–H groups in total. The SMILES string of the molecule is CCCOCCC(Cc1cccc(Br)c1)NCC. The Morgan fingerprint density at radius 3 is 2.78 bits per heavy atom. The lowest BCUT2D eigenvalue weighted by atomic mass is 10.0. The molecular weight excluding hydrogens is 290 g/mol. The second kappa shape index (κ2) is 9.54. The van der Waals surface area contributed by atoms with Gasteiger partial charge in [-0.3, -0.25) is 0 Å². The van der Waals surface area contributed by atoms with Gasteiger partial charge in [0.25, 0.3) is 0 Å². The van der Waals surface area contributed by atoms with Gasteiger partial charge in [-0.1, -0.05) is 41.9 Å². The second-order valence-corrected chi connectivity index (χ2v) is 5.41. The van der Waals surface area contributed by atoms with Crippen LogP contribution < -0.4 is 5.32 Å². The molecule has 1 atom stereocenters. The van der Waals surface area contributed by atoms with E-state index in [4.69, 9.17) is 4.74 Å². The van der Waals surface area contributed by atoms with Gasteiger partial charge in [0.2, 0.25) is 0 Å². The highest BCUT2D eigenvalue weighted by Crippen LogP contribution is 2.14. The fraction of sp³-hybridized carbons (Fsp3) is 0.600. The lowest BCUT2D eigenvalue weighted by Gasteiger charge is -2.18. The van der Waals surface area contributed by atoms with E-state index in [0.29, 0.717) is 6.04 Å². The summed E-state index contributed by atoms with van der Waals surface area (Å²) in [5.41, 5.74) is 1.37. The standard InChI is InChI=1S/C15H24BrNO/c1-3-9-18-10-8-15(17-4-2)12-13-6-5-7-14(16)11-13/h5-7,11,15,17H,3-4,8-10,12H2,1-2H3. The topological polar surface area (TPSA) is 21.3 Å². The quantitative estimate of drug-likeness (QED) is 0.700. The first-order chi connectivity index (χ1) is 8.76. The van der Waals surface area contributed by atoms with Crippen LogP contribution in [-0.2, 0) is 11.2 Å². The zero-order chi connectivity index (χ0) is 13.2. The minimum atomic E-state index is 0.501.